The fraction of sp³-hybridized carbons (Fsp3) is 0.462. The Hall–Kier alpha value is -1.22. The molecule has 0 saturated carbocycles. The van der Waals surface area contributed by atoms with E-state index in [-0.39, 0.29) is 5.91 Å². The normalized spacial score (nSPS) is 17.0. The van der Waals surface area contributed by atoms with Crippen molar-refractivity contribution in [3.63, 3.8) is 0 Å². The van der Waals surface area contributed by atoms with Crippen molar-refractivity contribution in [3.8, 4) is 0 Å². The molecule has 0 atom stereocenters. The Labute approximate surface area is 107 Å². The maximum Gasteiger partial charge on any atom is 0.222 e. The summed E-state index contributed by atoms with van der Waals surface area (Å²) in [7, 11) is 0. The predicted octanol–water partition coefficient (Wildman–Crippen LogP) is 2.82. The van der Waals surface area contributed by atoms with Gasteiger partial charge in [-0.25, -0.2) is 0 Å². The summed E-state index contributed by atoms with van der Waals surface area (Å²) in [5, 5.41) is 0.641. The second-order valence-corrected chi connectivity index (χ2v) is 4.84. The van der Waals surface area contributed by atoms with Crippen LogP contribution in [0.15, 0.2) is 18.2 Å². The lowest BCUT2D eigenvalue weighted by Gasteiger charge is -2.22. The van der Waals surface area contributed by atoms with Gasteiger partial charge in [-0.15, -0.1) is 0 Å². The number of anilines is 1. The lowest BCUT2D eigenvalue weighted by Crippen LogP contribution is -2.30. The third-order valence-corrected chi connectivity index (χ3v) is 3.53. The molecule has 0 radical (unpaired) electrons. The zero-order valence-electron chi connectivity index (χ0n) is 9.79. The zero-order chi connectivity index (χ0) is 12.3. The van der Waals surface area contributed by atoms with Gasteiger partial charge in [-0.3, -0.25) is 4.79 Å². The summed E-state index contributed by atoms with van der Waals surface area (Å²) in [6, 6.07) is 5.46. The summed E-state index contributed by atoms with van der Waals surface area (Å²) in [6.45, 7) is 1.34. The molecule has 0 unspecified atom stereocenters. The molecule has 1 aliphatic heterocycles. The highest BCUT2D eigenvalue weighted by atomic mass is 35.5. The summed E-state index contributed by atoms with van der Waals surface area (Å²) < 4.78 is 0. The number of nitrogens with zero attached hydrogens (tertiary/aromatic N) is 1. The molecular weight excluding hydrogens is 236 g/mol. The lowest BCUT2D eigenvalue weighted by molar-refractivity contribution is -0.131. The number of likely N-dealkylation sites (tertiary alicyclic amines) is 1. The Morgan fingerprint density at radius 2 is 2.12 bits per heavy atom. The van der Waals surface area contributed by atoms with E-state index in [0.717, 1.165) is 31.4 Å². The molecule has 0 bridgehead atoms. The molecule has 1 fully saturated rings. The van der Waals surface area contributed by atoms with Gasteiger partial charge in [-0.1, -0.05) is 24.1 Å². The van der Waals surface area contributed by atoms with Gasteiger partial charge in [0.1, 0.15) is 0 Å². The number of halogens is 1. The highest BCUT2D eigenvalue weighted by Crippen LogP contribution is 2.25. The van der Waals surface area contributed by atoms with Crippen LogP contribution in [0.4, 0.5) is 5.69 Å². The molecule has 1 aromatic carbocycles. The molecule has 0 aliphatic carbocycles. The minimum atomic E-state index is 0.210. The highest BCUT2D eigenvalue weighted by molar-refractivity contribution is 6.31. The van der Waals surface area contributed by atoms with Crippen LogP contribution < -0.4 is 5.73 Å². The average molecular weight is 253 g/mol. The fourth-order valence-electron chi connectivity index (χ4n) is 2.14. The van der Waals surface area contributed by atoms with E-state index in [1.165, 1.54) is 0 Å². The number of rotatable bonds is 2. The Morgan fingerprint density at radius 1 is 1.29 bits per heavy atom. The first-order valence-electron chi connectivity index (χ1n) is 5.99. The Balaban J connectivity index is 2.16. The van der Waals surface area contributed by atoms with Gasteiger partial charge in [-0.2, -0.15) is 0 Å². The van der Waals surface area contributed by atoms with Crippen LogP contribution in [-0.2, 0) is 11.3 Å². The smallest absolute Gasteiger partial charge is 0.222 e. The van der Waals surface area contributed by atoms with Crippen molar-refractivity contribution in [3.05, 3.63) is 28.8 Å². The van der Waals surface area contributed by atoms with Crippen molar-refractivity contribution >= 4 is 23.2 Å². The van der Waals surface area contributed by atoms with Crippen LogP contribution in [0, 0.1) is 0 Å². The van der Waals surface area contributed by atoms with Gasteiger partial charge < -0.3 is 10.6 Å². The molecule has 4 heteroatoms. The van der Waals surface area contributed by atoms with Crippen molar-refractivity contribution in [2.45, 2.75) is 32.2 Å². The highest BCUT2D eigenvalue weighted by Gasteiger charge is 2.18. The van der Waals surface area contributed by atoms with Gasteiger partial charge in [-0.05, 0) is 25.0 Å². The Morgan fingerprint density at radius 3 is 2.88 bits per heavy atom. The van der Waals surface area contributed by atoms with Crippen LogP contribution in [-0.4, -0.2) is 17.4 Å². The summed E-state index contributed by atoms with van der Waals surface area (Å²) in [5.74, 6) is 0.210. The van der Waals surface area contributed by atoms with Gasteiger partial charge in [0, 0.05) is 35.8 Å². The van der Waals surface area contributed by atoms with E-state index in [4.69, 9.17) is 17.3 Å². The van der Waals surface area contributed by atoms with Gasteiger partial charge in [0.15, 0.2) is 0 Å². The number of carbonyl (C=O) groups excluding carboxylic acids is 1. The Bertz CT molecular complexity index is 400. The van der Waals surface area contributed by atoms with Gasteiger partial charge in [0.25, 0.3) is 0 Å². The maximum atomic E-state index is 11.9. The standard InChI is InChI=1S/C13H17ClN2O/c14-11-5-4-6-12(15)10(11)9-16-8-3-1-2-7-13(16)17/h4-6H,1-3,7-9,15H2. The van der Waals surface area contributed by atoms with E-state index >= 15 is 0 Å². The molecule has 1 amide bonds. The topological polar surface area (TPSA) is 46.3 Å². The molecule has 2 N–H and O–H groups in total. The number of nitrogens with two attached hydrogens (primary N) is 1. The Kier molecular flexibility index (Phi) is 3.89. The van der Waals surface area contributed by atoms with Gasteiger partial charge >= 0.3 is 0 Å². The van der Waals surface area contributed by atoms with E-state index in [0.29, 0.717) is 23.7 Å². The maximum absolute atomic E-state index is 11.9. The number of nitrogen functional groups attached to an aromatic ring is 1. The molecular formula is C13H17ClN2O. The van der Waals surface area contributed by atoms with Gasteiger partial charge in [0.05, 0.1) is 0 Å². The predicted molar refractivity (Wildman–Crippen MR) is 69.7 cm³/mol. The summed E-state index contributed by atoms with van der Waals surface area (Å²) in [6.07, 6.45) is 3.83. The zero-order valence-corrected chi connectivity index (χ0v) is 10.5. The number of hydrogen-bond donors (Lipinski definition) is 1. The third-order valence-electron chi connectivity index (χ3n) is 3.18. The molecule has 1 aromatic rings. The van der Waals surface area contributed by atoms with Crippen molar-refractivity contribution in [1.82, 2.24) is 4.90 Å². The number of benzene rings is 1. The van der Waals surface area contributed by atoms with Crippen LogP contribution >= 0.6 is 11.6 Å². The van der Waals surface area contributed by atoms with Crippen molar-refractivity contribution in [2.24, 2.45) is 0 Å². The van der Waals surface area contributed by atoms with Crippen LogP contribution in [0.3, 0.4) is 0 Å². The molecule has 1 heterocycles. The molecule has 2 rings (SSSR count). The first-order valence-corrected chi connectivity index (χ1v) is 6.37. The van der Waals surface area contributed by atoms with Crippen LogP contribution in [0.25, 0.3) is 0 Å². The average Bonchev–Trinajstić information content (AvgIpc) is 2.49. The van der Waals surface area contributed by atoms with Crippen LogP contribution in [0.1, 0.15) is 31.2 Å². The molecule has 1 aliphatic rings. The fourth-order valence-corrected chi connectivity index (χ4v) is 2.38. The molecule has 92 valence electrons. The molecule has 0 aromatic heterocycles. The summed E-state index contributed by atoms with van der Waals surface area (Å²) in [4.78, 5) is 13.7. The first-order chi connectivity index (χ1) is 8.18. The van der Waals surface area contributed by atoms with Crippen molar-refractivity contribution < 1.29 is 4.79 Å². The number of amides is 1. The largest absolute Gasteiger partial charge is 0.398 e. The second kappa shape index (κ2) is 5.41. The monoisotopic (exact) mass is 252 g/mol. The second-order valence-electron chi connectivity index (χ2n) is 4.43. The van der Waals surface area contributed by atoms with Gasteiger partial charge in [0.2, 0.25) is 5.91 Å². The minimum absolute atomic E-state index is 0.210. The van der Waals surface area contributed by atoms with Crippen LogP contribution in [0.5, 0.6) is 0 Å². The van der Waals surface area contributed by atoms with E-state index in [9.17, 15) is 4.79 Å². The van der Waals surface area contributed by atoms with Crippen LogP contribution in [0.2, 0.25) is 5.02 Å². The van der Waals surface area contributed by atoms with E-state index in [1.54, 1.807) is 0 Å². The minimum Gasteiger partial charge on any atom is -0.398 e. The molecule has 17 heavy (non-hydrogen) atoms. The molecule has 0 spiro atoms. The SMILES string of the molecule is Nc1cccc(Cl)c1CN1CCCCCC1=O. The van der Waals surface area contributed by atoms with E-state index in [1.807, 2.05) is 23.1 Å². The summed E-state index contributed by atoms with van der Waals surface area (Å²) >= 11 is 6.12. The first kappa shape index (κ1) is 12.2. The van der Waals surface area contributed by atoms with Crippen molar-refractivity contribution in [1.29, 1.82) is 0 Å². The number of hydrogen-bond acceptors (Lipinski definition) is 2. The third kappa shape index (κ3) is 2.91. The molecule has 1 saturated heterocycles. The quantitative estimate of drug-likeness (QED) is 0.823. The van der Waals surface area contributed by atoms with E-state index in [2.05, 4.69) is 0 Å². The van der Waals surface area contributed by atoms with E-state index < -0.39 is 0 Å². The summed E-state index contributed by atoms with van der Waals surface area (Å²) in [5.41, 5.74) is 7.43. The lowest BCUT2D eigenvalue weighted by atomic mass is 10.1. The number of carbonyl (C=O) groups is 1. The van der Waals surface area contributed by atoms with Crippen molar-refractivity contribution in [2.75, 3.05) is 12.3 Å². The molecule has 3 nitrogen and oxygen atoms in total.